The molecule has 30 heavy (non-hydrogen) atoms. The molecule has 0 spiro atoms. The Morgan fingerprint density at radius 2 is 1.77 bits per heavy atom. The van der Waals surface area contributed by atoms with E-state index in [1.54, 1.807) is 52.1 Å². The number of benzene rings is 2. The Morgan fingerprint density at radius 1 is 1.03 bits per heavy atom. The molecular formula is C23H25N3O4. The zero-order valence-corrected chi connectivity index (χ0v) is 17.3. The van der Waals surface area contributed by atoms with E-state index in [-0.39, 0.29) is 18.0 Å². The Kier molecular flexibility index (Phi) is 6.51. The molecule has 0 fully saturated rings. The van der Waals surface area contributed by atoms with Gasteiger partial charge in [0.25, 0.3) is 11.7 Å². The molecule has 1 heterocycles. The van der Waals surface area contributed by atoms with Crippen molar-refractivity contribution in [2.24, 2.45) is 0 Å². The third-order valence-corrected chi connectivity index (χ3v) is 4.99. The number of aromatic nitrogens is 1. The Bertz CT molecular complexity index is 1080. The van der Waals surface area contributed by atoms with E-state index in [2.05, 4.69) is 5.32 Å². The highest BCUT2D eigenvalue weighted by molar-refractivity contribution is 6.48. The fourth-order valence-electron chi connectivity index (χ4n) is 3.39. The molecule has 7 heteroatoms. The number of nitrogens with zero attached hydrogens (tertiary/aromatic N) is 2. The molecule has 0 aliphatic rings. The summed E-state index contributed by atoms with van der Waals surface area (Å²) in [6.45, 7) is 5.18. The zero-order valence-electron chi connectivity index (χ0n) is 17.3. The first kappa shape index (κ1) is 21.1. The van der Waals surface area contributed by atoms with Crippen molar-refractivity contribution in [3.63, 3.8) is 0 Å². The van der Waals surface area contributed by atoms with Crippen LogP contribution in [-0.2, 0) is 16.1 Å². The van der Waals surface area contributed by atoms with Crippen LogP contribution < -0.4 is 10.1 Å². The van der Waals surface area contributed by atoms with E-state index in [0.717, 1.165) is 5.52 Å². The molecule has 0 radical (unpaired) electrons. The largest absolute Gasteiger partial charge is 0.497 e. The van der Waals surface area contributed by atoms with Crippen molar-refractivity contribution in [1.29, 1.82) is 0 Å². The van der Waals surface area contributed by atoms with Gasteiger partial charge in [0.2, 0.25) is 5.91 Å². The summed E-state index contributed by atoms with van der Waals surface area (Å²) in [5, 5.41) is 3.25. The highest BCUT2D eigenvalue weighted by atomic mass is 16.5. The van der Waals surface area contributed by atoms with Crippen molar-refractivity contribution in [2.45, 2.75) is 20.4 Å². The number of ether oxygens (including phenoxy) is 1. The second-order valence-electron chi connectivity index (χ2n) is 6.77. The summed E-state index contributed by atoms with van der Waals surface area (Å²) in [5.41, 5.74) is 1.46. The first-order valence-corrected chi connectivity index (χ1v) is 9.83. The maximum Gasteiger partial charge on any atom is 0.296 e. The van der Waals surface area contributed by atoms with Crippen LogP contribution in [0.1, 0.15) is 24.2 Å². The molecule has 0 bridgehead atoms. The summed E-state index contributed by atoms with van der Waals surface area (Å²) in [4.78, 5) is 39.8. The number of amides is 2. The number of Topliss-reactive ketones (excluding diaryl/α,β-unsaturated/α-hetero) is 1. The third kappa shape index (κ3) is 4.35. The predicted octanol–water partition coefficient (Wildman–Crippen LogP) is 3.34. The number of hydrogen-bond donors (Lipinski definition) is 1. The summed E-state index contributed by atoms with van der Waals surface area (Å²) in [5.74, 6) is -0.878. The van der Waals surface area contributed by atoms with Crippen molar-refractivity contribution >= 4 is 34.2 Å². The van der Waals surface area contributed by atoms with Gasteiger partial charge in [-0.25, -0.2) is 0 Å². The van der Waals surface area contributed by atoms with E-state index in [0.29, 0.717) is 29.9 Å². The van der Waals surface area contributed by atoms with Gasteiger partial charge in [-0.3, -0.25) is 14.4 Å². The first-order valence-electron chi connectivity index (χ1n) is 9.83. The van der Waals surface area contributed by atoms with Crippen LogP contribution in [0.4, 0.5) is 5.69 Å². The van der Waals surface area contributed by atoms with Gasteiger partial charge < -0.3 is 19.5 Å². The van der Waals surface area contributed by atoms with Gasteiger partial charge in [0.15, 0.2) is 0 Å². The normalized spacial score (nSPS) is 10.6. The van der Waals surface area contributed by atoms with Crippen molar-refractivity contribution in [3.05, 3.63) is 60.3 Å². The molecule has 0 aliphatic heterocycles. The molecule has 1 aromatic heterocycles. The van der Waals surface area contributed by atoms with Crippen molar-refractivity contribution < 1.29 is 19.1 Å². The number of rotatable bonds is 8. The van der Waals surface area contributed by atoms with E-state index in [1.807, 2.05) is 26.0 Å². The van der Waals surface area contributed by atoms with Gasteiger partial charge in [0, 0.05) is 41.9 Å². The summed E-state index contributed by atoms with van der Waals surface area (Å²) in [7, 11) is 1.53. The fraction of sp³-hybridized carbons (Fsp3) is 0.261. The molecule has 156 valence electrons. The number of methoxy groups -OCH3 is 1. The molecule has 0 atom stereocenters. The molecule has 2 aromatic carbocycles. The molecule has 0 aliphatic carbocycles. The third-order valence-electron chi connectivity index (χ3n) is 4.99. The minimum Gasteiger partial charge on any atom is -0.497 e. The van der Waals surface area contributed by atoms with Gasteiger partial charge in [0.1, 0.15) is 12.3 Å². The van der Waals surface area contributed by atoms with Crippen LogP contribution in [0, 0.1) is 0 Å². The van der Waals surface area contributed by atoms with Crippen molar-refractivity contribution in [1.82, 2.24) is 9.47 Å². The topological polar surface area (TPSA) is 80.6 Å². The fourth-order valence-corrected chi connectivity index (χ4v) is 3.39. The Hall–Kier alpha value is -3.61. The molecular weight excluding hydrogens is 382 g/mol. The lowest BCUT2D eigenvalue weighted by Gasteiger charge is -2.19. The minimum atomic E-state index is -0.749. The van der Waals surface area contributed by atoms with Gasteiger partial charge >= 0.3 is 0 Å². The van der Waals surface area contributed by atoms with Crippen LogP contribution in [-0.4, -0.2) is 47.3 Å². The summed E-state index contributed by atoms with van der Waals surface area (Å²) < 4.78 is 6.87. The van der Waals surface area contributed by atoms with E-state index < -0.39 is 11.7 Å². The standard InChI is InChI=1S/C23H25N3O4/c1-4-25(5-2)21(27)15-26-14-19(18-11-6-7-12-20(18)26)22(28)23(29)24-16-9-8-10-17(13-16)30-3/h6-14H,4-5,15H2,1-3H3,(H,24,29). The van der Waals surface area contributed by atoms with E-state index in [1.165, 1.54) is 7.11 Å². The summed E-state index contributed by atoms with van der Waals surface area (Å²) >= 11 is 0. The first-order chi connectivity index (χ1) is 14.5. The average molecular weight is 407 g/mol. The minimum absolute atomic E-state index is 0.0411. The number of hydrogen-bond acceptors (Lipinski definition) is 4. The number of anilines is 1. The van der Waals surface area contributed by atoms with Gasteiger partial charge in [0.05, 0.1) is 12.7 Å². The number of ketones is 1. The van der Waals surface area contributed by atoms with Crippen LogP contribution >= 0.6 is 0 Å². The smallest absolute Gasteiger partial charge is 0.296 e. The monoisotopic (exact) mass is 407 g/mol. The van der Waals surface area contributed by atoms with Crippen molar-refractivity contribution in [3.8, 4) is 5.75 Å². The van der Waals surface area contributed by atoms with Gasteiger partial charge in [-0.1, -0.05) is 24.3 Å². The number of para-hydroxylation sites is 1. The Morgan fingerprint density at radius 3 is 2.47 bits per heavy atom. The quantitative estimate of drug-likeness (QED) is 0.459. The number of fused-ring (bicyclic) bond motifs is 1. The molecule has 3 aromatic rings. The lowest BCUT2D eigenvalue weighted by atomic mass is 10.1. The lowest BCUT2D eigenvalue weighted by Crippen LogP contribution is -2.33. The van der Waals surface area contributed by atoms with Gasteiger partial charge in [-0.2, -0.15) is 0 Å². The average Bonchev–Trinajstić information content (AvgIpc) is 3.12. The van der Waals surface area contributed by atoms with E-state index in [9.17, 15) is 14.4 Å². The number of carbonyl (C=O) groups excluding carboxylic acids is 3. The van der Waals surface area contributed by atoms with Crippen LogP contribution in [0.2, 0.25) is 0 Å². The highest BCUT2D eigenvalue weighted by Gasteiger charge is 2.23. The van der Waals surface area contributed by atoms with Crippen LogP contribution in [0.3, 0.4) is 0 Å². The van der Waals surface area contributed by atoms with Crippen LogP contribution in [0.25, 0.3) is 10.9 Å². The van der Waals surface area contributed by atoms with E-state index >= 15 is 0 Å². The zero-order chi connectivity index (χ0) is 21.7. The Labute approximate surface area is 175 Å². The molecule has 2 amide bonds. The van der Waals surface area contributed by atoms with Crippen LogP contribution in [0.15, 0.2) is 54.7 Å². The molecule has 0 saturated carbocycles. The molecule has 0 saturated heterocycles. The molecule has 0 unspecified atom stereocenters. The highest BCUT2D eigenvalue weighted by Crippen LogP contribution is 2.23. The number of nitrogens with one attached hydrogen (secondary N) is 1. The SMILES string of the molecule is CCN(CC)C(=O)Cn1cc(C(=O)C(=O)Nc2cccc(OC)c2)c2ccccc21. The lowest BCUT2D eigenvalue weighted by molar-refractivity contribution is -0.131. The summed E-state index contributed by atoms with van der Waals surface area (Å²) in [6.07, 6.45) is 1.58. The summed E-state index contributed by atoms with van der Waals surface area (Å²) in [6, 6.07) is 14.0. The number of carbonyl (C=O) groups is 3. The second-order valence-corrected chi connectivity index (χ2v) is 6.77. The molecule has 7 nitrogen and oxygen atoms in total. The van der Waals surface area contributed by atoms with Gasteiger partial charge in [-0.05, 0) is 32.0 Å². The maximum absolute atomic E-state index is 12.9. The Balaban J connectivity index is 1.88. The van der Waals surface area contributed by atoms with E-state index in [4.69, 9.17) is 4.74 Å². The molecule has 3 rings (SSSR count). The number of likely N-dealkylation sites (N-methyl/N-ethyl adjacent to an activating group) is 1. The van der Waals surface area contributed by atoms with Gasteiger partial charge in [-0.15, -0.1) is 0 Å². The predicted molar refractivity (Wildman–Crippen MR) is 116 cm³/mol. The maximum atomic E-state index is 12.9. The molecule has 1 N–H and O–H groups in total. The van der Waals surface area contributed by atoms with Crippen LogP contribution in [0.5, 0.6) is 5.75 Å². The van der Waals surface area contributed by atoms with Crippen molar-refractivity contribution in [2.75, 3.05) is 25.5 Å². The second kappa shape index (κ2) is 9.26.